The summed E-state index contributed by atoms with van der Waals surface area (Å²) in [6.07, 6.45) is -2.66. The van der Waals surface area contributed by atoms with E-state index in [1.165, 1.54) is 7.05 Å². The van der Waals surface area contributed by atoms with Crippen molar-refractivity contribution in [3.05, 3.63) is 40.7 Å². The van der Waals surface area contributed by atoms with Gasteiger partial charge in [0.2, 0.25) is 0 Å². The molecule has 4 nitrogen and oxygen atoms in total. The average molecular weight is 290 g/mol. The molecule has 0 amide bonds. The molecule has 1 aromatic carbocycles. The van der Waals surface area contributed by atoms with Gasteiger partial charge in [0.1, 0.15) is 5.82 Å². The first-order valence-electron chi connectivity index (χ1n) is 5.20. The van der Waals surface area contributed by atoms with Crippen molar-refractivity contribution in [3.8, 4) is 0 Å². The van der Waals surface area contributed by atoms with Crippen LogP contribution in [0.5, 0.6) is 0 Å². The van der Waals surface area contributed by atoms with E-state index in [0.29, 0.717) is 6.07 Å². The lowest BCUT2D eigenvalue weighted by Gasteiger charge is -2.14. The first-order chi connectivity index (χ1) is 9.18. The number of benzene rings is 1. The lowest BCUT2D eigenvalue weighted by molar-refractivity contribution is -0.138. The van der Waals surface area contributed by atoms with Gasteiger partial charge in [0, 0.05) is 24.5 Å². The number of carboxylic acid groups (broad SMARTS) is 1. The Labute approximate surface area is 111 Å². The molecule has 8 heteroatoms. The summed E-state index contributed by atoms with van der Waals surface area (Å²) in [5.74, 6) is -3.17. The van der Waals surface area contributed by atoms with Crippen LogP contribution in [-0.4, -0.2) is 24.3 Å². The summed E-state index contributed by atoms with van der Waals surface area (Å²) < 4.78 is 51.8. The first-order valence-corrected chi connectivity index (χ1v) is 5.20. The maximum Gasteiger partial charge on any atom is 0.417 e. The van der Waals surface area contributed by atoms with Crippen LogP contribution in [0.2, 0.25) is 0 Å². The Kier molecular flexibility index (Phi) is 4.49. The van der Waals surface area contributed by atoms with E-state index in [2.05, 4.69) is 4.99 Å². The number of nitrogens with two attached hydrogens (primary N) is 1. The second-order valence-electron chi connectivity index (χ2n) is 3.71. The van der Waals surface area contributed by atoms with Crippen molar-refractivity contribution < 1.29 is 27.5 Å². The Morgan fingerprint density at radius 2 is 1.95 bits per heavy atom. The van der Waals surface area contributed by atoms with Crippen molar-refractivity contribution in [2.75, 3.05) is 7.05 Å². The van der Waals surface area contributed by atoms with E-state index >= 15 is 0 Å². The minimum Gasteiger partial charge on any atom is -0.478 e. The molecule has 0 aliphatic carbocycles. The third-order valence-corrected chi connectivity index (χ3v) is 2.36. The SMILES string of the molecule is CN=CC=C(N)c1cc(C(=O)O)c(F)cc1C(F)(F)F. The monoisotopic (exact) mass is 290 g/mol. The van der Waals surface area contributed by atoms with Crippen LogP contribution in [0.4, 0.5) is 17.6 Å². The third kappa shape index (κ3) is 3.34. The number of hydrogen-bond donors (Lipinski definition) is 2. The quantitative estimate of drug-likeness (QED) is 0.663. The summed E-state index contributed by atoms with van der Waals surface area (Å²) in [4.78, 5) is 14.3. The Morgan fingerprint density at radius 3 is 2.40 bits per heavy atom. The van der Waals surface area contributed by atoms with Crippen LogP contribution >= 0.6 is 0 Å². The molecule has 0 aliphatic heterocycles. The van der Waals surface area contributed by atoms with Crippen molar-refractivity contribution in [3.63, 3.8) is 0 Å². The van der Waals surface area contributed by atoms with Crippen LogP contribution in [0, 0.1) is 5.82 Å². The van der Waals surface area contributed by atoms with Gasteiger partial charge >= 0.3 is 12.1 Å². The van der Waals surface area contributed by atoms with Crippen LogP contribution in [0.15, 0.2) is 23.2 Å². The molecule has 0 aliphatic rings. The van der Waals surface area contributed by atoms with Crippen molar-refractivity contribution in [2.24, 2.45) is 10.7 Å². The number of alkyl halides is 3. The summed E-state index contributed by atoms with van der Waals surface area (Å²) in [6.45, 7) is 0. The number of carboxylic acids is 1. The predicted octanol–water partition coefficient (Wildman–Crippen LogP) is 2.54. The van der Waals surface area contributed by atoms with E-state index in [0.717, 1.165) is 12.3 Å². The molecule has 0 heterocycles. The fourth-order valence-corrected chi connectivity index (χ4v) is 1.46. The molecule has 0 unspecified atom stereocenters. The Hall–Kier alpha value is -2.38. The number of hydrogen-bond acceptors (Lipinski definition) is 3. The van der Waals surface area contributed by atoms with Gasteiger partial charge in [0.15, 0.2) is 0 Å². The van der Waals surface area contributed by atoms with Crippen LogP contribution in [0.25, 0.3) is 5.70 Å². The first kappa shape index (κ1) is 15.7. The highest BCUT2D eigenvalue weighted by atomic mass is 19.4. The smallest absolute Gasteiger partial charge is 0.417 e. The minimum absolute atomic E-state index is 0.114. The number of nitrogens with zero attached hydrogens (tertiary/aromatic N) is 1. The number of allylic oxidation sites excluding steroid dienone is 1. The van der Waals surface area contributed by atoms with Gasteiger partial charge in [0.05, 0.1) is 11.1 Å². The van der Waals surface area contributed by atoms with Gasteiger partial charge in [-0.05, 0) is 18.2 Å². The standard InChI is InChI=1S/C12H10F4N2O2/c1-18-3-2-10(17)6-4-7(11(19)20)9(13)5-8(6)12(14,15)16/h2-5H,17H2,1H3,(H,19,20). The predicted molar refractivity (Wildman–Crippen MR) is 64.9 cm³/mol. The van der Waals surface area contributed by atoms with Gasteiger partial charge in [-0.2, -0.15) is 13.2 Å². The van der Waals surface area contributed by atoms with Crippen LogP contribution in [0.3, 0.4) is 0 Å². The summed E-state index contributed by atoms with van der Waals surface area (Å²) >= 11 is 0. The molecule has 108 valence electrons. The normalized spacial score (nSPS) is 12.9. The highest BCUT2D eigenvalue weighted by Crippen LogP contribution is 2.35. The molecule has 1 aromatic rings. The maximum atomic E-state index is 13.4. The molecule has 0 aromatic heterocycles. The molecular formula is C12H10F4N2O2. The molecule has 3 N–H and O–H groups in total. The molecular weight excluding hydrogens is 280 g/mol. The van der Waals surface area contributed by atoms with Crippen LogP contribution in [-0.2, 0) is 6.18 Å². The molecule has 0 bridgehead atoms. The Morgan fingerprint density at radius 1 is 1.35 bits per heavy atom. The van der Waals surface area contributed by atoms with Crippen molar-refractivity contribution in [2.45, 2.75) is 6.18 Å². The average Bonchev–Trinajstić information content (AvgIpc) is 2.34. The van der Waals surface area contributed by atoms with Gasteiger partial charge in [-0.1, -0.05) is 0 Å². The van der Waals surface area contributed by atoms with Crippen molar-refractivity contribution >= 4 is 17.9 Å². The van der Waals surface area contributed by atoms with E-state index in [1.807, 2.05) is 0 Å². The molecule has 20 heavy (non-hydrogen) atoms. The van der Waals surface area contributed by atoms with Gasteiger partial charge < -0.3 is 10.8 Å². The minimum atomic E-state index is -4.87. The zero-order valence-corrected chi connectivity index (χ0v) is 10.2. The molecule has 0 fully saturated rings. The molecule has 0 spiro atoms. The van der Waals surface area contributed by atoms with Crippen molar-refractivity contribution in [1.82, 2.24) is 0 Å². The Bertz CT molecular complexity index is 592. The maximum absolute atomic E-state index is 13.4. The van der Waals surface area contributed by atoms with Crippen LogP contribution < -0.4 is 5.73 Å². The van der Waals surface area contributed by atoms with E-state index in [9.17, 15) is 22.4 Å². The van der Waals surface area contributed by atoms with Crippen LogP contribution in [0.1, 0.15) is 21.5 Å². The van der Waals surface area contributed by atoms with Gasteiger partial charge in [-0.25, -0.2) is 9.18 Å². The zero-order valence-electron chi connectivity index (χ0n) is 10.2. The topological polar surface area (TPSA) is 75.7 Å². The largest absolute Gasteiger partial charge is 0.478 e. The molecule has 0 atom stereocenters. The Balaban J connectivity index is 3.60. The van der Waals surface area contributed by atoms with E-state index in [1.54, 1.807) is 0 Å². The van der Waals surface area contributed by atoms with E-state index in [-0.39, 0.29) is 11.8 Å². The second kappa shape index (κ2) is 5.72. The number of aliphatic imine (C=N–C) groups is 1. The summed E-state index contributed by atoms with van der Waals surface area (Å²) in [6, 6.07) is 0.665. The van der Waals surface area contributed by atoms with E-state index in [4.69, 9.17) is 10.8 Å². The zero-order chi connectivity index (χ0) is 15.5. The fraction of sp³-hybridized carbons (Fsp3) is 0.167. The van der Waals surface area contributed by atoms with Gasteiger partial charge in [-0.15, -0.1) is 0 Å². The number of carbonyl (C=O) groups is 1. The summed E-state index contributed by atoms with van der Waals surface area (Å²) in [7, 11) is 1.38. The fourth-order valence-electron chi connectivity index (χ4n) is 1.46. The summed E-state index contributed by atoms with van der Waals surface area (Å²) in [5.41, 5.74) is 2.23. The second-order valence-corrected chi connectivity index (χ2v) is 3.71. The number of rotatable bonds is 3. The lowest BCUT2D eigenvalue weighted by atomic mass is 10.00. The summed E-state index contributed by atoms with van der Waals surface area (Å²) in [5, 5.41) is 8.73. The highest BCUT2D eigenvalue weighted by Gasteiger charge is 2.35. The lowest BCUT2D eigenvalue weighted by Crippen LogP contribution is -2.14. The molecule has 0 saturated heterocycles. The van der Waals surface area contributed by atoms with E-state index < -0.39 is 34.7 Å². The van der Waals surface area contributed by atoms with Crippen molar-refractivity contribution in [1.29, 1.82) is 0 Å². The molecule has 0 saturated carbocycles. The third-order valence-electron chi connectivity index (χ3n) is 2.36. The molecule has 1 rings (SSSR count). The number of halogens is 4. The molecule has 0 radical (unpaired) electrons. The van der Waals surface area contributed by atoms with Gasteiger partial charge in [-0.3, -0.25) is 4.99 Å². The number of aromatic carboxylic acids is 1. The highest BCUT2D eigenvalue weighted by molar-refractivity contribution is 5.91. The van der Waals surface area contributed by atoms with Gasteiger partial charge in [0.25, 0.3) is 0 Å².